The summed E-state index contributed by atoms with van der Waals surface area (Å²) in [5.41, 5.74) is 7.45. The van der Waals surface area contributed by atoms with Gasteiger partial charge in [-0.3, -0.25) is 14.5 Å². The van der Waals surface area contributed by atoms with Crippen LogP contribution >= 0.6 is 0 Å². The number of carbonyl (C=O) groups is 2. The van der Waals surface area contributed by atoms with E-state index in [1.807, 2.05) is 24.3 Å². The van der Waals surface area contributed by atoms with E-state index >= 15 is 0 Å². The number of rotatable bonds is 6. The van der Waals surface area contributed by atoms with Gasteiger partial charge in [0.05, 0.1) is 6.04 Å². The third kappa shape index (κ3) is 5.30. The Labute approximate surface area is 151 Å². The van der Waals surface area contributed by atoms with E-state index in [9.17, 15) is 9.59 Å². The van der Waals surface area contributed by atoms with E-state index in [0.29, 0.717) is 13.0 Å². The first-order valence-electron chi connectivity index (χ1n) is 9.09. The Morgan fingerprint density at radius 1 is 1.32 bits per heavy atom. The molecule has 1 heterocycles. The van der Waals surface area contributed by atoms with Gasteiger partial charge in [-0.25, -0.2) is 0 Å². The lowest BCUT2D eigenvalue weighted by Crippen LogP contribution is -2.39. The van der Waals surface area contributed by atoms with Crippen LogP contribution in [0, 0.1) is 11.3 Å². The fourth-order valence-corrected chi connectivity index (χ4v) is 3.12. The van der Waals surface area contributed by atoms with Gasteiger partial charge in [-0.2, -0.15) is 0 Å². The van der Waals surface area contributed by atoms with Crippen LogP contribution in [-0.4, -0.2) is 29.3 Å². The third-order valence-electron chi connectivity index (χ3n) is 5.33. The van der Waals surface area contributed by atoms with E-state index in [4.69, 9.17) is 5.73 Å². The molecule has 2 rings (SSSR count). The molecular weight excluding hydrogens is 314 g/mol. The van der Waals surface area contributed by atoms with Gasteiger partial charge in [0.2, 0.25) is 11.8 Å². The number of amides is 2. The van der Waals surface area contributed by atoms with Crippen molar-refractivity contribution in [1.82, 2.24) is 4.90 Å². The monoisotopic (exact) mass is 345 g/mol. The number of primary amides is 1. The third-order valence-corrected chi connectivity index (χ3v) is 5.33. The van der Waals surface area contributed by atoms with Gasteiger partial charge in [-0.15, -0.1) is 0 Å². The highest BCUT2D eigenvalue weighted by Crippen LogP contribution is 2.29. The maximum Gasteiger partial charge on any atom is 0.234 e. The van der Waals surface area contributed by atoms with Crippen LogP contribution in [0.25, 0.3) is 0 Å². The predicted octanol–water partition coefficient (Wildman–Crippen LogP) is 3.15. The lowest BCUT2D eigenvalue weighted by atomic mass is 9.80. The molecule has 0 unspecified atom stereocenters. The summed E-state index contributed by atoms with van der Waals surface area (Å²) in [5, 5.41) is 3.05. The maximum atomic E-state index is 12.4. The second kappa shape index (κ2) is 8.00. The van der Waals surface area contributed by atoms with Crippen LogP contribution in [0.1, 0.15) is 52.5 Å². The molecular formula is C20H31N3O2. The SMILES string of the molecule is C[C@H](CC(=O)Nc1ccccc1CN1CCC[C@H]1C(N)=O)C(C)(C)C. The van der Waals surface area contributed by atoms with Crippen molar-refractivity contribution in [3.63, 3.8) is 0 Å². The van der Waals surface area contributed by atoms with E-state index in [1.165, 1.54) is 0 Å². The summed E-state index contributed by atoms with van der Waals surface area (Å²) in [4.78, 5) is 26.1. The summed E-state index contributed by atoms with van der Waals surface area (Å²) in [7, 11) is 0. The zero-order valence-electron chi connectivity index (χ0n) is 15.8. The predicted molar refractivity (Wildman–Crippen MR) is 101 cm³/mol. The van der Waals surface area contributed by atoms with Crippen LogP contribution < -0.4 is 11.1 Å². The van der Waals surface area contributed by atoms with Crippen molar-refractivity contribution in [1.29, 1.82) is 0 Å². The van der Waals surface area contributed by atoms with Crippen molar-refractivity contribution < 1.29 is 9.59 Å². The minimum Gasteiger partial charge on any atom is -0.368 e. The number of anilines is 1. The van der Waals surface area contributed by atoms with E-state index in [0.717, 1.165) is 30.6 Å². The second-order valence-electron chi connectivity index (χ2n) is 8.21. The Hall–Kier alpha value is -1.88. The fourth-order valence-electron chi connectivity index (χ4n) is 3.12. The van der Waals surface area contributed by atoms with Crippen LogP contribution in [0.2, 0.25) is 0 Å². The van der Waals surface area contributed by atoms with Crippen LogP contribution in [0.5, 0.6) is 0 Å². The molecule has 25 heavy (non-hydrogen) atoms. The first kappa shape index (κ1) is 19.4. The van der Waals surface area contributed by atoms with Crippen molar-refractivity contribution in [2.45, 2.75) is 59.5 Å². The van der Waals surface area contributed by atoms with Gasteiger partial charge in [-0.1, -0.05) is 45.9 Å². The van der Waals surface area contributed by atoms with E-state index in [1.54, 1.807) is 0 Å². The number of benzene rings is 1. The lowest BCUT2D eigenvalue weighted by molar-refractivity contribution is -0.122. The Morgan fingerprint density at radius 3 is 2.64 bits per heavy atom. The van der Waals surface area contributed by atoms with Crippen LogP contribution in [-0.2, 0) is 16.1 Å². The molecule has 5 nitrogen and oxygen atoms in total. The number of carbonyl (C=O) groups excluding carboxylic acids is 2. The Bertz CT molecular complexity index is 622. The Kier molecular flexibility index (Phi) is 6.22. The summed E-state index contributed by atoms with van der Waals surface area (Å²) < 4.78 is 0. The molecule has 1 saturated heterocycles. The average Bonchev–Trinajstić information content (AvgIpc) is 2.96. The molecule has 1 aliphatic rings. The average molecular weight is 345 g/mol. The highest BCUT2D eigenvalue weighted by molar-refractivity contribution is 5.91. The molecule has 1 aromatic rings. The molecule has 2 atom stereocenters. The molecule has 1 aromatic carbocycles. The molecule has 0 aromatic heterocycles. The number of likely N-dealkylation sites (tertiary alicyclic amines) is 1. The van der Waals surface area contributed by atoms with E-state index in [-0.39, 0.29) is 29.2 Å². The summed E-state index contributed by atoms with van der Waals surface area (Å²) >= 11 is 0. The van der Waals surface area contributed by atoms with E-state index in [2.05, 4.69) is 37.9 Å². The maximum absolute atomic E-state index is 12.4. The van der Waals surface area contributed by atoms with Gasteiger partial charge in [0.1, 0.15) is 0 Å². The molecule has 5 heteroatoms. The smallest absolute Gasteiger partial charge is 0.234 e. The second-order valence-corrected chi connectivity index (χ2v) is 8.21. The molecule has 1 fully saturated rings. The van der Waals surface area contributed by atoms with Crippen molar-refractivity contribution in [2.24, 2.45) is 17.1 Å². The van der Waals surface area contributed by atoms with Gasteiger partial charge in [0, 0.05) is 18.7 Å². The zero-order chi connectivity index (χ0) is 18.6. The molecule has 2 amide bonds. The lowest BCUT2D eigenvalue weighted by Gasteiger charge is -2.27. The zero-order valence-corrected chi connectivity index (χ0v) is 15.8. The number of hydrogen-bond acceptors (Lipinski definition) is 3. The molecule has 0 saturated carbocycles. The molecule has 0 bridgehead atoms. The molecule has 138 valence electrons. The van der Waals surface area contributed by atoms with Crippen molar-refractivity contribution in [3.05, 3.63) is 29.8 Å². The van der Waals surface area contributed by atoms with Gasteiger partial charge in [-0.05, 0) is 42.3 Å². The quantitative estimate of drug-likeness (QED) is 0.831. The summed E-state index contributed by atoms with van der Waals surface area (Å²) in [6.07, 6.45) is 2.28. The molecule has 0 radical (unpaired) electrons. The first-order valence-corrected chi connectivity index (χ1v) is 9.09. The summed E-state index contributed by atoms with van der Waals surface area (Å²) in [6, 6.07) is 7.59. The van der Waals surface area contributed by atoms with Crippen LogP contribution in [0.15, 0.2) is 24.3 Å². The number of nitrogens with two attached hydrogens (primary N) is 1. The van der Waals surface area contributed by atoms with Crippen molar-refractivity contribution in [2.75, 3.05) is 11.9 Å². The van der Waals surface area contributed by atoms with Crippen LogP contribution in [0.3, 0.4) is 0 Å². The van der Waals surface area contributed by atoms with Gasteiger partial charge in [0.25, 0.3) is 0 Å². The van der Waals surface area contributed by atoms with Gasteiger partial charge in [0.15, 0.2) is 0 Å². The number of hydrogen-bond donors (Lipinski definition) is 2. The number of nitrogens with zero attached hydrogens (tertiary/aromatic N) is 1. The molecule has 0 aliphatic carbocycles. The highest BCUT2D eigenvalue weighted by atomic mass is 16.2. The summed E-state index contributed by atoms with van der Waals surface area (Å²) in [6.45, 7) is 10.0. The fraction of sp³-hybridized carbons (Fsp3) is 0.600. The normalized spacial score (nSPS) is 19.6. The van der Waals surface area contributed by atoms with Crippen molar-refractivity contribution in [3.8, 4) is 0 Å². The molecule has 0 spiro atoms. The minimum atomic E-state index is -0.266. The van der Waals surface area contributed by atoms with Crippen molar-refractivity contribution >= 4 is 17.5 Å². The molecule has 1 aliphatic heterocycles. The van der Waals surface area contributed by atoms with Gasteiger partial charge >= 0.3 is 0 Å². The molecule has 3 N–H and O–H groups in total. The standard InChI is InChI=1S/C20H31N3O2/c1-14(20(2,3)4)12-18(24)22-16-9-6-5-8-15(16)13-23-11-7-10-17(23)19(21)25/h5-6,8-9,14,17H,7,10-13H2,1-4H3,(H2,21,25)(H,22,24)/t14-,17+/m1/s1. The Balaban J connectivity index is 2.05. The number of nitrogens with one attached hydrogen (secondary N) is 1. The number of para-hydroxylation sites is 1. The Morgan fingerprint density at radius 2 is 2.00 bits per heavy atom. The summed E-state index contributed by atoms with van der Waals surface area (Å²) in [5.74, 6) is 0.0539. The largest absolute Gasteiger partial charge is 0.368 e. The first-order chi connectivity index (χ1) is 11.7. The minimum absolute atomic E-state index is 0.0303. The van der Waals surface area contributed by atoms with Crippen LogP contribution in [0.4, 0.5) is 5.69 Å². The highest BCUT2D eigenvalue weighted by Gasteiger charge is 2.29. The van der Waals surface area contributed by atoms with Gasteiger partial charge < -0.3 is 11.1 Å². The van der Waals surface area contributed by atoms with E-state index < -0.39 is 0 Å². The topological polar surface area (TPSA) is 75.4 Å².